The Hall–Kier alpha value is 0.828. The second-order valence-corrected chi connectivity index (χ2v) is 12.6. The van der Waals surface area contributed by atoms with Crippen LogP contribution in [0, 0.1) is 0 Å². The maximum Gasteiger partial charge on any atom is 0.0236 e. The van der Waals surface area contributed by atoms with E-state index in [0.29, 0.717) is 4.79 Å². The van der Waals surface area contributed by atoms with E-state index in [1.807, 2.05) is 0 Å². The zero-order valence-electron chi connectivity index (χ0n) is 7.61. The molecule has 0 aromatic carbocycles. The predicted octanol–water partition coefficient (Wildman–Crippen LogP) is -3.31. The van der Waals surface area contributed by atoms with Crippen LogP contribution in [-0.2, 0) is 0 Å². The van der Waals surface area contributed by atoms with Crippen molar-refractivity contribution in [2.24, 2.45) is 5.73 Å². The molecule has 0 atom stereocenters. The van der Waals surface area contributed by atoms with Crippen molar-refractivity contribution in [3.63, 3.8) is 0 Å². The maximum atomic E-state index is 6.28. The zero-order chi connectivity index (χ0) is 8.04. The average Bonchev–Trinajstić information content (AvgIpc) is 2.00. The quantitative estimate of drug-likeness (QED) is 0.470. The van der Waals surface area contributed by atoms with Crippen LogP contribution in [0.25, 0.3) is 0 Å². The van der Waals surface area contributed by atoms with Crippen molar-refractivity contribution >= 4 is 37.6 Å². The summed E-state index contributed by atoms with van der Waals surface area (Å²) in [5, 5.41) is 0. The van der Waals surface area contributed by atoms with Gasteiger partial charge in [0, 0.05) is 18.1 Å². The van der Waals surface area contributed by atoms with Gasteiger partial charge in [-0.25, -0.2) is 0 Å². The smallest absolute Gasteiger partial charge is 0.0236 e. The van der Waals surface area contributed by atoms with Gasteiger partial charge in [0.1, 0.15) is 0 Å². The zero-order valence-corrected chi connectivity index (χ0v) is 14.4. The molecule has 0 rings (SSSR count). The van der Waals surface area contributed by atoms with Crippen molar-refractivity contribution in [1.82, 2.24) is 0 Å². The summed E-state index contributed by atoms with van der Waals surface area (Å²) in [5.41, 5.74) is 6.28. The molecule has 0 heterocycles. The van der Waals surface area contributed by atoms with E-state index in [2.05, 4.69) is 6.92 Å². The van der Waals surface area contributed by atoms with Crippen molar-refractivity contribution in [3.8, 4) is 0 Å². The lowest BCUT2D eigenvalue weighted by Crippen LogP contribution is -2.52. The lowest BCUT2D eigenvalue weighted by atomic mass is 10.2. The molecule has 2 N–H and O–H groups in total. The van der Waals surface area contributed by atoms with Crippen molar-refractivity contribution in [2.75, 3.05) is 0 Å². The molecular formula is C5H21NSi4. The van der Waals surface area contributed by atoms with E-state index in [9.17, 15) is 0 Å². The largest absolute Gasteiger partial charge is 0.332 e. The molecular weight excluding hydrogens is 186 g/mol. The number of hydrogen-bond acceptors (Lipinski definition) is 1. The third-order valence-electron chi connectivity index (χ3n) is 2.44. The molecule has 0 aliphatic carbocycles. The fourth-order valence-electron chi connectivity index (χ4n) is 1.13. The van der Waals surface area contributed by atoms with Gasteiger partial charge in [-0.15, -0.1) is 0 Å². The fraction of sp³-hybridized carbons (Fsp3) is 1.00. The lowest BCUT2D eigenvalue weighted by Gasteiger charge is -2.25. The van der Waals surface area contributed by atoms with Gasteiger partial charge >= 0.3 is 0 Å². The third kappa shape index (κ3) is 3.87. The Balaban J connectivity index is 3.58. The second-order valence-electron chi connectivity index (χ2n) is 3.17. The van der Waals surface area contributed by atoms with Crippen molar-refractivity contribution in [3.05, 3.63) is 0 Å². The number of unbranched alkanes of at least 4 members (excludes halogenated alkanes) is 1. The first kappa shape index (κ1) is 10.8. The van der Waals surface area contributed by atoms with Crippen LogP contribution in [0.4, 0.5) is 0 Å². The van der Waals surface area contributed by atoms with E-state index in [4.69, 9.17) is 5.73 Å². The van der Waals surface area contributed by atoms with Gasteiger partial charge in [-0.1, -0.05) is 19.8 Å². The summed E-state index contributed by atoms with van der Waals surface area (Å²) in [6, 6.07) is 0. The summed E-state index contributed by atoms with van der Waals surface area (Å²) in [4.78, 5) is 0.536. The summed E-state index contributed by atoms with van der Waals surface area (Å²) >= 11 is 0. The van der Waals surface area contributed by atoms with Crippen LogP contribution >= 0.6 is 0 Å². The van der Waals surface area contributed by atoms with Gasteiger partial charge in [0.2, 0.25) is 0 Å². The molecule has 10 heavy (non-hydrogen) atoms. The summed E-state index contributed by atoms with van der Waals surface area (Å²) in [5.74, 6) is 0. The molecule has 0 radical (unpaired) electrons. The molecule has 62 valence electrons. The molecule has 0 saturated heterocycles. The molecule has 0 bridgehead atoms. The monoisotopic (exact) mass is 207 g/mol. The summed E-state index contributed by atoms with van der Waals surface area (Å²) in [6.07, 6.45) is 4.11. The Morgan fingerprint density at radius 2 is 1.90 bits per heavy atom. The molecule has 0 unspecified atom stereocenters. The highest BCUT2D eigenvalue weighted by molar-refractivity contribution is 7.05. The van der Waals surface area contributed by atoms with Crippen LogP contribution in [-0.4, -0.2) is 42.4 Å². The minimum absolute atomic E-state index is 0.224. The van der Waals surface area contributed by atoms with Crippen LogP contribution < -0.4 is 5.73 Å². The second kappa shape index (κ2) is 5.47. The van der Waals surface area contributed by atoms with Crippen LogP contribution in [0.15, 0.2) is 0 Å². The first-order valence-corrected chi connectivity index (χ1v) is 17.2. The molecule has 5 heteroatoms. The van der Waals surface area contributed by atoms with Crippen molar-refractivity contribution < 1.29 is 0 Å². The Morgan fingerprint density at radius 3 is 2.20 bits per heavy atom. The Bertz CT molecular complexity index is 83.7. The molecule has 0 aromatic rings. The van der Waals surface area contributed by atoms with Crippen molar-refractivity contribution in [2.45, 2.75) is 31.0 Å². The van der Waals surface area contributed by atoms with E-state index in [1.54, 1.807) is 0 Å². The topological polar surface area (TPSA) is 26.0 Å². The van der Waals surface area contributed by atoms with Gasteiger partial charge in [0.25, 0.3) is 0 Å². The number of hydrogen-bond donors (Lipinski definition) is 1. The van der Waals surface area contributed by atoms with E-state index in [1.165, 1.54) is 38.8 Å². The standard InChI is InChI=1S/C5H21NSi4/c1-2-3-4-5(6,9-7)10-8/h2-4,6,9-10H2,1,7-8H3. The highest BCUT2D eigenvalue weighted by Gasteiger charge is 2.18. The van der Waals surface area contributed by atoms with E-state index < -0.39 is 0 Å². The Kier molecular flexibility index (Phi) is 5.93. The van der Waals surface area contributed by atoms with E-state index in [-0.39, 0.29) is 18.1 Å². The summed E-state index contributed by atoms with van der Waals surface area (Å²) in [7, 11) is 3.34. The van der Waals surface area contributed by atoms with Crippen molar-refractivity contribution in [1.29, 1.82) is 0 Å². The summed E-state index contributed by atoms with van der Waals surface area (Å²) in [6.45, 7) is 2.27. The minimum atomic E-state index is 0.224. The molecule has 0 aliphatic rings. The van der Waals surface area contributed by atoms with E-state index >= 15 is 0 Å². The Morgan fingerprint density at radius 1 is 1.40 bits per heavy atom. The first-order chi connectivity index (χ1) is 4.68. The molecule has 0 aliphatic heterocycles. The fourth-order valence-corrected chi connectivity index (χ4v) is 24.5. The first-order valence-electron chi connectivity index (χ1n) is 4.47. The number of nitrogens with two attached hydrogens (primary N) is 1. The highest BCUT2D eigenvalue weighted by Crippen LogP contribution is 2.06. The molecule has 0 spiro atoms. The molecule has 0 aromatic heterocycles. The third-order valence-corrected chi connectivity index (χ3v) is 23.4. The van der Waals surface area contributed by atoms with E-state index in [0.717, 1.165) is 0 Å². The molecule has 1 nitrogen and oxygen atoms in total. The van der Waals surface area contributed by atoms with Crippen LogP contribution in [0.5, 0.6) is 0 Å². The van der Waals surface area contributed by atoms with Gasteiger partial charge in [0.05, 0.1) is 0 Å². The normalized spacial score (nSPS) is 19.8. The maximum absolute atomic E-state index is 6.28. The van der Waals surface area contributed by atoms with Gasteiger partial charge in [-0.05, 0) is 30.7 Å². The van der Waals surface area contributed by atoms with Gasteiger partial charge in [-0.3, -0.25) is 0 Å². The summed E-state index contributed by atoms with van der Waals surface area (Å²) < 4.78 is 0. The minimum Gasteiger partial charge on any atom is -0.332 e. The SMILES string of the molecule is CCCCC(N)([SiH2][SiH3])[SiH2][SiH3]. The number of rotatable bonds is 5. The molecule has 0 fully saturated rings. The molecule has 0 saturated carbocycles. The van der Waals surface area contributed by atoms with Gasteiger partial charge < -0.3 is 5.73 Å². The van der Waals surface area contributed by atoms with Crippen LogP contribution in [0.1, 0.15) is 26.2 Å². The van der Waals surface area contributed by atoms with Crippen LogP contribution in [0.3, 0.4) is 0 Å². The molecule has 0 amide bonds. The van der Waals surface area contributed by atoms with Crippen LogP contribution in [0.2, 0.25) is 0 Å². The lowest BCUT2D eigenvalue weighted by molar-refractivity contribution is 0.648. The average molecular weight is 208 g/mol. The highest BCUT2D eigenvalue weighted by atomic mass is 29.1. The Labute approximate surface area is 74.6 Å². The van der Waals surface area contributed by atoms with Gasteiger partial charge in [-0.2, -0.15) is 0 Å². The predicted molar refractivity (Wildman–Crippen MR) is 63.4 cm³/mol. The van der Waals surface area contributed by atoms with Gasteiger partial charge in [0.15, 0.2) is 0 Å².